The third-order valence-corrected chi connectivity index (χ3v) is 4.34. The van der Waals surface area contributed by atoms with Crippen LogP contribution in [0.5, 0.6) is 0 Å². The highest BCUT2D eigenvalue weighted by molar-refractivity contribution is 5.69. The van der Waals surface area contributed by atoms with Gasteiger partial charge in [0.05, 0.1) is 6.04 Å². The molecule has 3 heterocycles. The van der Waals surface area contributed by atoms with E-state index < -0.39 is 5.60 Å². The molecule has 0 spiro atoms. The maximum atomic E-state index is 12.6. The fourth-order valence-electron chi connectivity index (χ4n) is 3.45. The van der Waals surface area contributed by atoms with Crippen LogP contribution in [0.4, 0.5) is 10.6 Å². The van der Waals surface area contributed by atoms with Crippen molar-refractivity contribution >= 4 is 11.9 Å². The van der Waals surface area contributed by atoms with Crippen LogP contribution in [-0.2, 0) is 4.74 Å². The maximum absolute atomic E-state index is 12.6. The molecule has 2 aliphatic rings. The number of rotatable bonds is 1. The van der Waals surface area contributed by atoms with Gasteiger partial charge in [-0.25, -0.2) is 9.78 Å². The summed E-state index contributed by atoms with van der Waals surface area (Å²) in [5, 5.41) is 3.42. The van der Waals surface area contributed by atoms with Crippen LogP contribution < -0.4 is 11.1 Å². The van der Waals surface area contributed by atoms with Gasteiger partial charge in [-0.15, -0.1) is 0 Å². The Balaban J connectivity index is 1.87. The topological polar surface area (TPSA) is 80.5 Å². The van der Waals surface area contributed by atoms with Gasteiger partial charge >= 0.3 is 6.09 Å². The molecule has 2 fully saturated rings. The van der Waals surface area contributed by atoms with Crippen molar-refractivity contribution in [2.24, 2.45) is 11.8 Å². The lowest BCUT2D eigenvalue weighted by molar-refractivity contribution is 0.0201. The van der Waals surface area contributed by atoms with Crippen molar-refractivity contribution < 1.29 is 9.53 Å². The normalized spacial score (nSPS) is 27.8. The van der Waals surface area contributed by atoms with E-state index in [2.05, 4.69) is 10.3 Å². The van der Waals surface area contributed by atoms with Crippen molar-refractivity contribution in [1.82, 2.24) is 15.2 Å². The number of nitrogen functional groups attached to an aromatic ring is 1. The molecule has 3 rings (SSSR count). The number of carbonyl (C=O) groups excluding carboxylic acids is 1. The predicted octanol–water partition coefficient (Wildman–Crippen LogP) is 1.79. The Morgan fingerprint density at radius 2 is 2.18 bits per heavy atom. The van der Waals surface area contributed by atoms with Crippen LogP contribution in [0, 0.1) is 11.8 Å². The second-order valence-electron chi connectivity index (χ2n) is 7.18. The summed E-state index contributed by atoms with van der Waals surface area (Å²) in [4.78, 5) is 18.6. The molecule has 2 aliphatic heterocycles. The molecule has 6 nitrogen and oxygen atoms in total. The highest BCUT2D eigenvalue weighted by atomic mass is 16.6. The fourth-order valence-corrected chi connectivity index (χ4v) is 3.45. The summed E-state index contributed by atoms with van der Waals surface area (Å²) >= 11 is 0. The third-order valence-electron chi connectivity index (χ3n) is 4.34. The molecule has 0 saturated carbocycles. The van der Waals surface area contributed by atoms with Gasteiger partial charge in [-0.2, -0.15) is 0 Å². The molecule has 0 radical (unpaired) electrons. The Morgan fingerprint density at radius 1 is 1.41 bits per heavy atom. The number of amides is 1. The van der Waals surface area contributed by atoms with E-state index in [1.165, 1.54) is 0 Å². The van der Waals surface area contributed by atoms with E-state index in [0.717, 1.165) is 25.2 Å². The predicted molar refractivity (Wildman–Crippen MR) is 84.2 cm³/mol. The standard InChI is InChI=1S/C16H24N4O2/c1-16(2,3)22-15(21)20-9-11-6-18-8-12(11)14(20)10-4-5-13(17)19-7-10/h4-5,7,11-12,14,18H,6,8-9H2,1-3H3,(H2,17,19). The number of nitrogens with zero attached hydrogens (tertiary/aromatic N) is 2. The molecule has 1 aromatic rings. The van der Waals surface area contributed by atoms with Crippen molar-refractivity contribution in [3.63, 3.8) is 0 Å². The van der Waals surface area contributed by atoms with Crippen LogP contribution in [-0.4, -0.2) is 41.2 Å². The molecule has 22 heavy (non-hydrogen) atoms. The number of likely N-dealkylation sites (tertiary alicyclic amines) is 1. The quantitative estimate of drug-likeness (QED) is 0.827. The molecule has 6 heteroatoms. The molecule has 0 aromatic carbocycles. The Morgan fingerprint density at radius 3 is 2.82 bits per heavy atom. The summed E-state index contributed by atoms with van der Waals surface area (Å²) in [6.07, 6.45) is 1.53. The van der Waals surface area contributed by atoms with Crippen molar-refractivity contribution in [1.29, 1.82) is 0 Å². The first-order chi connectivity index (χ1) is 10.3. The van der Waals surface area contributed by atoms with E-state index in [1.54, 1.807) is 12.3 Å². The molecule has 3 N–H and O–H groups in total. The van der Waals surface area contributed by atoms with E-state index in [9.17, 15) is 4.79 Å². The summed E-state index contributed by atoms with van der Waals surface area (Å²) < 4.78 is 5.58. The van der Waals surface area contributed by atoms with Gasteiger partial charge < -0.3 is 20.7 Å². The lowest BCUT2D eigenvalue weighted by Crippen LogP contribution is -2.38. The zero-order chi connectivity index (χ0) is 15.9. The summed E-state index contributed by atoms with van der Waals surface area (Å²) in [5.74, 6) is 1.36. The number of hydrogen-bond donors (Lipinski definition) is 2. The minimum Gasteiger partial charge on any atom is -0.444 e. The zero-order valence-corrected chi connectivity index (χ0v) is 13.4. The molecule has 1 amide bonds. The molecule has 0 aliphatic carbocycles. The Labute approximate surface area is 131 Å². The second kappa shape index (κ2) is 5.43. The number of fused-ring (bicyclic) bond motifs is 1. The lowest BCUT2D eigenvalue weighted by Gasteiger charge is -2.30. The number of nitrogens with two attached hydrogens (primary N) is 1. The van der Waals surface area contributed by atoms with Crippen LogP contribution in [0.25, 0.3) is 0 Å². The first kappa shape index (κ1) is 15.1. The smallest absolute Gasteiger partial charge is 0.410 e. The van der Waals surface area contributed by atoms with E-state index in [1.807, 2.05) is 31.7 Å². The molecular formula is C16H24N4O2. The SMILES string of the molecule is CC(C)(C)OC(=O)N1CC2CNCC2C1c1ccc(N)nc1. The summed E-state index contributed by atoms with van der Waals surface area (Å²) in [7, 11) is 0. The third kappa shape index (κ3) is 2.88. The minimum atomic E-state index is -0.489. The van der Waals surface area contributed by atoms with Crippen LogP contribution in [0.1, 0.15) is 32.4 Å². The van der Waals surface area contributed by atoms with E-state index in [0.29, 0.717) is 17.7 Å². The number of aromatic nitrogens is 1. The van der Waals surface area contributed by atoms with E-state index in [-0.39, 0.29) is 12.1 Å². The van der Waals surface area contributed by atoms with Crippen molar-refractivity contribution in [2.75, 3.05) is 25.4 Å². The van der Waals surface area contributed by atoms with Crippen LogP contribution in [0.3, 0.4) is 0 Å². The Kier molecular flexibility index (Phi) is 3.72. The maximum Gasteiger partial charge on any atom is 0.410 e. The van der Waals surface area contributed by atoms with Gasteiger partial charge in [-0.1, -0.05) is 6.07 Å². The second-order valence-corrected chi connectivity index (χ2v) is 7.18. The molecule has 3 atom stereocenters. The average molecular weight is 304 g/mol. The number of hydrogen-bond acceptors (Lipinski definition) is 5. The number of ether oxygens (including phenoxy) is 1. The van der Waals surface area contributed by atoms with Crippen molar-refractivity contribution in [3.8, 4) is 0 Å². The summed E-state index contributed by atoms with van der Waals surface area (Å²) in [6.45, 7) is 8.26. The molecule has 2 saturated heterocycles. The molecule has 120 valence electrons. The van der Waals surface area contributed by atoms with Gasteiger partial charge in [0.2, 0.25) is 0 Å². The number of anilines is 1. The zero-order valence-electron chi connectivity index (χ0n) is 13.4. The molecule has 3 unspecified atom stereocenters. The number of pyridine rings is 1. The highest BCUT2D eigenvalue weighted by Gasteiger charge is 2.48. The molecular weight excluding hydrogens is 280 g/mol. The van der Waals surface area contributed by atoms with Crippen LogP contribution >= 0.6 is 0 Å². The number of nitrogens with one attached hydrogen (secondary N) is 1. The first-order valence-corrected chi connectivity index (χ1v) is 7.77. The highest BCUT2D eigenvalue weighted by Crippen LogP contribution is 2.43. The Bertz CT molecular complexity index is 552. The summed E-state index contributed by atoms with van der Waals surface area (Å²) in [5.41, 5.74) is 6.22. The average Bonchev–Trinajstić information content (AvgIpc) is 2.98. The fraction of sp³-hybridized carbons (Fsp3) is 0.625. The van der Waals surface area contributed by atoms with E-state index in [4.69, 9.17) is 10.5 Å². The molecule has 1 aromatic heterocycles. The van der Waals surface area contributed by atoms with Gasteiger partial charge in [0.1, 0.15) is 11.4 Å². The van der Waals surface area contributed by atoms with Crippen molar-refractivity contribution in [2.45, 2.75) is 32.4 Å². The van der Waals surface area contributed by atoms with E-state index >= 15 is 0 Å². The van der Waals surface area contributed by atoms with Gasteiger partial charge in [0.15, 0.2) is 0 Å². The molecule has 0 bridgehead atoms. The lowest BCUT2D eigenvalue weighted by atomic mass is 9.90. The van der Waals surface area contributed by atoms with Crippen molar-refractivity contribution in [3.05, 3.63) is 23.9 Å². The first-order valence-electron chi connectivity index (χ1n) is 7.77. The van der Waals surface area contributed by atoms with Crippen LogP contribution in [0.15, 0.2) is 18.3 Å². The van der Waals surface area contributed by atoms with Gasteiger partial charge in [-0.05, 0) is 38.3 Å². The number of carbonyl (C=O) groups is 1. The van der Waals surface area contributed by atoms with Gasteiger partial charge in [0.25, 0.3) is 0 Å². The largest absolute Gasteiger partial charge is 0.444 e. The van der Waals surface area contributed by atoms with Gasteiger partial charge in [0, 0.05) is 31.7 Å². The van der Waals surface area contributed by atoms with Crippen LogP contribution in [0.2, 0.25) is 0 Å². The monoisotopic (exact) mass is 304 g/mol. The Hall–Kier alpha value is -1.82. The minimum absolute atomic E-state index is 0.00273. The summed E-state index contributed by atoms with van der Waals surface area (Å²) in [6, 6.07) is 3.76. The van der Waals surface area contributed by atoms with Gasteiger partial charge in [-0.3, -0.25) is 0 Å².